The molecule has 0 fully saturated rings. The Hall–Kier alpha value is -1.12. The minimum atomic E-state index is -3.02. The van der Waals surface area contributed by atoms with Gasteiger partial charge in [-0.05, 0) is 28.8 Å². The molecule has 3 nitrogen and oxygen atoms in total. The van der Waals surface area contributed by atoms with Crippen molar-refractivity contribution >= 4 is 19.2 Å². The lowest BCUT2D eigenvalue weighted by atomic mass is 10.0. The molecule has 0 aliphatic rings. The molecule has 0 saturated heterocycles. The fourth-order valence-corrected chi connectivity index (χ4v) is 3.15. The van der Waals surface area contributed by atoms with Crippen molar-refractivity contribution in [2.24, 2.45) is 0 Å². The molecule has 20 heavy (non-hydrogen) atoms. The average Bonchev–Trinajstić information content (AvgIpc) is 2.48. The maximum atomic E-state index is 12.1. The first-order chi connectivity index (χ1) is 9.56. The van der Waals surface area contributed by atoms with E-state index in [9.17, 15) is 4.57 Å². The molecule has 0 aromatic heterocycles. The highest BCUT2D eigenvalue weighted by molar-refractivity contribution is 7.52. The molecular formula is C15H16ClO3P. The van der Waals surface area contributed by atoms with Crippen LogP contribution >= 0.6 is 19.2 Å². The van der Waals surface area contributed by atoms with Gasteiger partial charge in [-0.3, -0.25) is 4.57 Å². The summed E-state index contributed by atoms with van der Waals surface area (Å²) in [7, 11) is -0.232. The van der Waals surface area contributed by atoms with Gasteiger partial charge >= 0.3 is 7.60 Å². The molecule has 0 spiro atoms. The van der Waals surface area contributed by atoms with Crippen molar-refractivity contribution in [2.75, 3.05) is 14.2 Å². The molecule has 5 heteroatoms. The molecule has 0 saturated carbocycles. The molecule has 0 heterocycles. The zero-order valence-corrected chi connectivity index (χ0v) is 13.0. The Labute approximate surface area is 124 Å². The second kappa shape index (κ2) is 6.55. The highest BCUT2D eigenvalue weighted by Crippen LogP contribution is 2.49. The first-order valence-electron chi connectivity index (χ1n) is 6.12. The largest absolute Gasteiger partial charge is 0.334 e. The smallest absolute Gasteiger partial charge is 0.312 e. The summed E-state index contributed by atoms with van der Waals surface area (Å²) in [6.07, 6.45) is 0.260. The number of benzene rings is 2. The predicted molar refractivity (Wildman–Crippen MR) is 82.2 cm³/mol. The molecule has 0 amide bonds. The molecule has 0 aliphatic heterocycles. The highest BCUT2D eigenvalue weighted by Gasteiger charge is 2.21. The van der Waals surface area contributed by atoms with E-state index in [1.54, 1.807) is 0 Å². The first-order valence-corrected chi connectivity index (χ1v) is 8.22. The van der Waals surface area contributed by atoms with Gasteiger partial charge in [0.2, 0.25) is 0 Å². The molecule has 0 unspecified atom stereocenters. The van der Waals surface area contributed by atoms with E-state index in [4.69, 9.17) is 20.6 Å². The van der Waals surface area contributed by atoms with Crippen molar-refractivity contribution in [2.45, 2.75) is 6.16 Å². The van der Waals surface area contributed by atoms with Crippen LogP contribution in [0.5, 0.6) is 0 Å². The third kappa shape index (κ3) is 3.71. The van der Waals surface area contributed by atoms with Crippen molar-refractivity contribution in [1.82, 2.24) is 0 Å². The summed E-state index contributed by atoms with van der Waals surface area (Å²) < 4.78 is 21.9. The lowest BCUT2D eigenvalue weighted by molar-refractivity contribution is 0.275. The van der Waals surface area contributed by atoms with Crippen LogP contribution in [-0.2, 0) is 19.8 Å². The normalized spacial score (nSPS) is 11.6. The van der Waals surface area contributed by atoms with Crippen molar-refractivity contribution in [3.8, 4) is 11.1 Å². The summed E-state index contributed by atoms with van der Waals surface area (Å²) >= 11 is 5.98. The van der Waals surface area contributed by atoms with Crippen LogP contribution in [0.4, 0.5) is 0 Å². The SMILES string of the molecule is COP(=O)(Cc1ccc(-c2cccc(Cl)c2)cc1)OC. The van der Waals surface area contributed by atoms with E-state index in [0.717, 1.165) is 16.7 Å². The van der Waals surface area contributed by atoms with E-state index >= 15 is 0 Å². The molecule has 0 atom stereocenters. The van der Waals surface area contributed by atoms with Gasteiger partial charge < -0.3 is 9.05 Å². The Bertz CT molecular complexity index is 617. The van der Waals surface area contributed by atoms with Crippen LogP contribution in [0.25, 0.3) is 11.1 Å². The molecule has 0 aliphatic carbocycles. The van der Waals surface area contributed by atoms with E-state index in [0.29, 0.717) is 5.02 Å². The van der Waals surface area contributed by atoms with Crippen LogP contribution in [0.2, 0.25) is 5.02 Å². The van der Waals surface area contributed by atoms with Gasteiger partial charge in [0.05, 0.1) is 6.16 Å². The molecule has 0 radical (unpaired) electrons. The summed E-state index contributed by atoms with van der Waals surface area (Å²) in [5.41, 5.74) is 3.01. The second-order valence-corrected chi connectivity index (χ2v) is 7.05. The minimum absolute atomic E-state index is 0.260. The summed E-state index contributed by atoms with van der Waals surface area (Å²) in [5.74, 6) is 0. The van der Waals surface area contributed by atoms with Gasteiger partial charge in [0.25, 0.3) is 0 Å². The molecule has 2 rings (SSSR count). The van der Waals surface area contributed by atoms with Crippen LogP contribution in [0.1, 0.15) is 5.56 Å². The van der Waals surface area contributed by atoms with Gasteiger partial charge in [-0.15, -0.1) is 0 Å². The van der Waals surface area contributed by atoms with Gasteiger partial charge in [0.1, 0.15) is 0 Å². The standard InChI is InChI=1S/C15H16ClO3P/c1-18-20(17,19-2)11-12-6-8-13(9-7-12)14-4-3-5-15(16)10-14/h3-10H,11H2,1-2H3. The van der Waals surface area contributed by atoms with E-state index in [1.807, 2.05) is 48.5 Å². The number of halogens is 1. The zero-order chi connectivity index (χ0) is 14.6. The Balaban J connectivity index is 2.20. The van der Waals surface area contributed by atoms with E-state index in [1.165, 1.54) is 14.2 Å². The van der Waals surface area contributed by atoms with E-state index in [-0.39, 0.29) is 6.16 Å². The molecule has 0 bridgehead atoms. The lowest BCUT2D eigenvalue weighted by Crippen LogP contribution is -1.93. The summed E-state index contributed by atoms with van der Waals surface area (Å²) in [6.45, 7) is 0. The lowest BCUT2D eigenvalue weighted by Gasteiger charge is -2.13. The number of hydrogen-bond donors (Lipinski definition) is 0. The van der Waals surface area contributed by atoms with Crippen molar-refractivity contribution < 1.29 is 13.6 Å². The first kappa shape index (κ1) is 15.3. The minimum Gasteiger partial charge on any atom is -0.312 e. The Morgan fingerprint density at radius 3 is 2.20 bits per heavy atom. The van der Waals surface area contributed by atoms with Crippen LogP contribution < -0.4 is 0 Å². The van der Waals surface area contributed by atoms with Gasteiger partial charge in [-0.2, -0.15) is 0 Å². The molecule has 2 aromatic rings. The van der Waals surface area contributed by atoms with Crippen LogP contribution in [0.15, 0.2) is 48.5 Å². The third-order valence-electron chi connectivity index (χ3n) is 3.04. The Morgan fingerprint density at radius 2 is 1.65 bits per heavy atom. The summed E-state index contributed by atoms with van der Waals surface area (Å²) in [5, 5.41) is 0.704. The quantitative estimate of drug-likeness (QED) is 0.730. The predicted octanol–water partition coefficient (Wildman–Crippen LogP) is 4.99. The molecule has 2 aromatic carbocycles. The molecular weight excluding hydrogens is 295 g/mol. The summed E-state index contributed by atoms with van der Waals surface area (Å²) in [4.78, 5) is 0. The van der Waals surface area contributed by atoms with Crippen LogP contribution in [0, 0.1) is 0 Å². The maximum absolute atomic E-state index is 12.1. The van der Waals surface area contributed by atoms with Crippen LogP contribution in [0.3, 0.4) is 0 Å². The van der Waals surface area contributed by atoms with Crippen molar-refractivity contribution in [3.05, 3.63) is 59.1 Å². The molecule has 106 valence electrons. The average molecular weight is 311 g/mol. The fraction of sp³-hybridized carbons (Fsp3) is 0.200. The van der Waals surface area contributed by atoms with Gasteiger partial charge in [0.15, 0.2) is 0 Å². The topological polar surface area (TPSA) is 35.5 Å². The highest BCUT2D eigenvalue weighted by atomic mass is 35.5. The van der Waals surface area contributed by atoms with Crippen molar-refractivity contribution in [3.63, 3.8) is 0 Å². The van der Waals surface area contributed by atoms with Gasteiger partial charge in [-0.1, -0.05) is 48.0 Å². The maximum Gasteiger partial charge on any atom is 0.334 e. The fourth-order valence-electron chi connectivity index (χ4n) is 1.90. The molecule has 0 N–H and O–H groups in total. The van der Waals surface area contributed by atoms with E-state index < -0.39 is 7.60 Å². The summed E-state index contributed by atoms with van der Waals surface area (Å²) in [6, 6.07) is 15.4. The van der Waals surface area contributed by atoms with Gasteiger partial charge in [0, 0.05) is 19.2 Å². The zero-order valence-electron chi connectivity index (χ0n) is 11.4. The third-order valence-corrected chi connectivity index (χ3v) is 5.14. The Kier molecular flexibility index (Phi) is 5.00. The second-order valence-electron chi connectivity index (χ2n) is 4.34. The van der Waals surface area contributed by atoms with Gasteiger partial charge in [-0.25, -0.2) is 0 Å². The Morgan fingerprint density at radius 1 is 1.00 bits per heavy atom. The number of hydrogen-bond acceptors (Lipinski definition) is 3. The number of rotatable bonds is 5. The van der Waals surface area contributed by atoms with Crippen molar-refractivity contribution in [1.29, 1.82) is 0 Å². The van der Waals surface area contributed by atoms with Crippen LogP contribution in [-0.4, -0.2) is 14.2 Å². The monoisotopic (exact) mass is 310 g/mol. The van der Waals surface area contributed by atoms with E-state index in [2.05, 4.69) is 0 Å².